The quantitative estimate of drug-likeness (QED) is 0.233. The maximum Gasteiger partial charge on any atom is 0.205 e. The monoisotopic (exact) mass is 537 g/mol. The molecule has 1 aromatic heterocycles. The first kappa shape index (κ1) is 30.7. The summed E-state index contributed by atoms with van der Waals surface area (Å²) in [4.78, 5) is 7.04. The molecule has 0 saturated heterocycles. The van der Waals surface area contributed by atoms with E-state index in [1.807, 2.05) is 33.0 Å². The van der Waals surface area contributed by atoms with Crippen molar-refractivity contribution in [3.8, 4) is 23.3 Å². The van der Waals surface area contributed by atoms with Crippen LogP contribution >= 0.6 is 0 Å². The van der Waals surface area contributed by atoms with Gasteiger partial charge in [0, 0.05) is 32.2 Å². The molecule has 0 saturated carbocycles. The number of likely N-dealkylation sites (N-methyl/N-ethyl adjacent to an activating group) is 1. The number of fused-ring (bicyclic) bond motifs is 1. The molecule has 7 nitrogen and oxygen atoms in total. The van der Waals surface area contributed by atoms with Crippen molar-refractivity contribution in [2.45, 2.75) is 96.9 Å². The van der Waals surface area contributed by atoms with Gasteiger partial charge in [-0.2, -0.15) is 5.26 Å². The first-order chi connectivity index (χ1) is 18.7. The number of rotatable bonds is 15. The molecule has 214 valence electrons. The molecule has 1 aliphatic rings. The lowest BCUT2D eigenvalue weighted by Gasteiger charge is -2.37. The van der Waals surface area contributed by atoms with Crippen molar-refractivity contribution in [1.82, 2.24) is 9.88 Å². The third-order valence-electron chi connectivity index (χ3n) is 7.79. The first-order valence-corrected chi connectivity index (χ1v) is 14.3. The van der Waals surface area contributed by atoms with Crippen molar-refractivity contribution >= 4 is 0 Å². The highest BCUT2D eigenvalue weighted by atomic mass is 16.7. The number of ether oxygens (including phenoxy) is 4. The number of unbranched alkanes of at least 4 members (excludes halogenated alkanes) is 3. The highest BCUT2D eigenvalue weighted by Crippen LogP contribution is 2.43. The molecular weight excluding hydrogens is 490 g/mol. The Hall–Kier alpha value is -2.82. The highest BCUT2D eigenvalue weighted by molar-refractivity contribution is 5.48. The zero-order valence-electron chi connectivity index (χ0n) is 25.1. The second kappa shape index (κ2) is 14.0. The fourth-order valence-corrected chi connectivity index (χ4v) is 5.37. The molecule has 1 aromatic carbocycles. The summed E-state index contributed by atoms with van der Waals surface area (Å²) in [6.45, 7) is 10.4. The average Bonchev–Trinajstić information content (AvgIpc) is 2.93. The number of pyridine rings is 1. The summed E-state index contributed by atoms with van der Waals surface area (Å²) in [5.74, 6) is 1.60. The number of aryl methyl sites for hydroxylation is 1. The summed E-state index contributed by atoms with van der Waals surface area (Å²) in [6, 6.07) is 8.86. The van der Waals surface area contributed by atoms with Crippen molar-refractivity contribution < 1.29 is 18.9 Å². The number of nitriles is 1. The van der Waals surface area contributed by atoms with Gasteiger partial charge in [-0.15, -0.1) is 0 Å². The van der Waals surface area contributed by atoms with Crippen LogP contribution in [0.2, 0.25) is 0 Å². The largest absolute Gasteiger partial charge is 0.493 e. The van der Waals surface area contributed by atoms with Crippen molar-refractivity contribution in [3.63, 3.8) is 0 Å². The molecule has 1 atom stereocenters. The van der Waals surface area contributed by atoms with Gasteiger partial charge in [-0.1, -0.05) is 38.7 Å². The van der Waals surface area contributed by atoms with Gasteiger partial charge in [-0.05, 0) is 69.5 Å². The van der Waals surface area contributed by atoms with Crippen LogP contribution in [-0.4, -0.2) is 50.0 Å². The van der Waals surface area contributed by atoms with E-state index in [0.29, 0.717) is 6.61 Å². The molecule has 3 rings (SSSR count). The van der Waals surface area contributed by atoms with Crippen molar-refractivity contribution in [1.29, 1.82) is 5.26 Å². The van der Waals surface area contributed by atoms with Gasteiger partial charge >= 0.3 is 0 Å². The number of aromatic nitrogens is 1. The third kappa shape index (κ3) is 7.86. The number of nitrogens with zero attached hydrogens (tertiary/aromatic N) is 3. The second-order valence-corrected chi connectivity index (χ2v) is 11.2. The molecule has 2 heterocycles. The molecule has 0 N–H and O–H groups in total. The molecule has 1 unspecified atom stereocenters. The minimum absolute atomic E-state index is 0.442. The van der Waals surface area contributed by atoms with Crippen LogP contribution in [0.4, 0.5) is 0 Å². The SMILES string of the molecule is CCCCCC(C#N)(CCCCN(C)CCc1ccc(OC)c(OC)c1)c1cnc(C)c2c1COC(C)(C)O2. The molecule has 0 bridgehead atoms. The van der Waals surface area contributed by atoms with Gasteiger partial charge in [-0.3, -0.25) is 4.98 Å². The van der Waals surface area contributed by atoms with Gasteiger partial charge < -0.3 is 23.8 Å². The van der Waals surface area contributed by atoms with Gasteiger partial charge in [0.1, 0.15) is 5.75 Å². The standard InChI is InChI=1S/C32H47N3O4/c1-8-9-10-16-32(23-33,27-21-34-24(2)30-26(27)22-38-31(3,4)39-30)17-11-12-18-35(5)19-15-25-13-14-28(36-6)29(20-25)37-7/h13-14,20-21H,8-12,15-19,22H2,1-7H3. The molecule has 0 fully saturated rings. The normalized spacial score (nSPS) is 15.7. The van der Waals surface area contributed by atoms with E-state index >= 15 is 0 Å². The van der Waals surface area contributed by atoms with E-state index in [0.717, 1.165) is 98.5 Å². The lowest BCUT2D eigenvalue weighted by molar-refractivity contribution is -0.181. The Kier molecular flexibility index (Phi) is 11.0. The van der Waals surface area contributed by atoms with E-state index in [-0.39, 0.29) is 0 Å². The van der Waals surface area contributed by atoms with Gasteiger partial charge in [-0.25, -0.2) is 0 Å². The van der Waals surface area contributed by atoms with Gasteiger partial charge in [0.25, 0.3) is 0 Å². The number of methoxy groups -OCH3 is 2. The number of hydrogen-bond acceptors (Lipinski definition) is 7. The lowest BCUT2D eigenvalue weighted by atomic mass is 9.72. The first-order valence-electron chi connectivity index (χ1n) is 14.3. The van der Waals surface area contributed by atoms with E-state index in [1.165, 1.54) is 5.56 Å². The second-order valence-electron chi connectivity index (χ2n) is 11.2. The zero-order valence-corrected chi connectivity index (χ0v) is 25.1. The highest BCUT2D eigenvalue weighted by Gasteiger charge is 2.39. The van der Waals surface area contributed by atoms with E-state index in [1.54, 1.807) is 14.2 Å². The number of hydrogen-bond donors (Lipinski definition) is 0. The molecule has 0 amide bonds. The molecule has 0 spiro atoms. The Bertz CT molecular complexity index is 1130. The number of benzene rings is 1. The van der Waals surface area contributed by atoms with Crippen molar-refractivity contribution in [2.75, 3.05) is 34.4 Å². The van der Waals surface area contributed by atoms with Crippen LogP contribution in [0.15, 0.2) is 24.4 Å². The summed E-state index contributed by atoms with van der Waals surface area (Å²) in [6.07, 6.45) is 9.73. The average molecular weight is 538 g/mol. The Labute approximate surface area is 235 Å². The summed E-state index contributed by atoms with van der Waals surface area (Å²) in [5, 5.41) is 10.6. The predicted molar refractivity (Wildman–Crippen MR) is 155 cm³/mol. The van der Waals surface area contributed by atoms with Crippen LogP contribution in [0.1, 0.15) is 88.1 Å². The molecule has 7 heteroatoms. The third-order valence-corrected chi connectivity index (χ3v) is 7.79. The van der Waals surface area contributed by atoms with E-state index in [2.05, 4.69) is 42.1 Å². The lowest BCUT2D eigenvalue weighted by Crippen LogP contribution is -2.38. The predicted octanol–water partition coefficient (Wildman–Crippen LogP) is 6.74. The topological polar surface area (TPSA) is 76.8 Å². The van der Waals surface area contributed by atoms with Gasteiger partial charge in [0.05, 0.1) is 38.0 Å². The Morgan fingerprint density at radius 2 is 1.79 bits per heavy atom. The van der Waals surface area contributed by atoms with Gasteiger partial charge in [0.2, 0.25) is 5.79 Å². The van der Waals surface area contributed by atoms with E-state index in [9.17, 15) is 5.26 Å². The molecule has 2 aromatic rings. The minimum Gasteiger partial charge on any atom is -0.493 e. The Morgan fingerprint density at radius 3 is 2.46 bits per heavy atom. The molecule has 0 aliphatic carbocycles. The van der Waals surface area contributed by atoms with Crippen molar-refractivity contribution in [2.24, 2.45) is 0 Å². The van der Waals surface area contributed by atoms with Crippen LogP contribution in [0, 0.1) is 18.3 Å². The summed E-state index contributed by atoms with van der Waals surface area (Å²) >= 11 is 0. The summed E-state index contributed by atoms with van der Waals surface area (Å²) in [7, 11) is 5.49. The molecular formula is C32H47N3O4. The summed E-state index contributed by atoms with van der Waals surface area (Å²) in [5.41, 5.74) is 3.46. The van der Waals surface area contributed by atoms with Crippen LogP contribution < -0.4 is 14.2 Å². The van der Waals surface area contributed by atoms with Gasteiger partial charge in [0.15, 0.2) is 11.5 Å². The van der Waals surface area contributed by atoms with E-state index in [4.69, 9.17) is 18.9 Å². The maximum absolute atomic E-state index is 10.6. The van der Waals surface area contributed by atoms with Crippen LogP contribution in [0.25, 0.3) is 0 Å². The maximum atomic E-state index is 10.6. The van der Waals surface area contributed by atoms with Crippen LogP contribution in [0.3, 0.4) is 0 Å². The fourth-order valence-electron chi connectivity index (χ4n) is 5.37. The Balaban J connectivity index is 1.65. The van der Waals surface area contributed by atoms with Crippen LogP contribution in [0.5, 0.6) is 17.2 Å². The Morgan fingerprint density at radius 1 is 1.08 bits per heavy atom. The van der Waals surface area contributed by atoms with Crippen molar-refractivity contribution in [3.05, 3.63) is 46.8 Å². The van der Waals surface area contributed by atoms with Crippen LogP contribution in [-0.2, 0) is 23.2 Å². The van der Waals surface area contributed by atoms with E-state index < -0.39 is 11.2 Å². The molecule has 39 heavy (non-hydrogen) atoms. The molecule has 1 aliphatic heterocycles. The zero-order chi connectivity index (χ0) is 28.5. The summed E-state index contributed by atoms with van der Waals surface area (Å²) < 4.78 is 23.0. The smallest absolute Gasteiger partial charge is 0.205 e. The minimum atomic E-state index is -0.697. The molecule has 0 radical (unpaired) electrons. The fraction of sp³-hybridized carbons (Fsp3) is 0.625.